The number of amides is 1. The lowest BCUT2D eigenvalue weighted by Crippen LogP contribution is -2.55. The fourth-order valence-electron chi connectivity index (χ4n) is 5.37. The number of aromatic hydroxyl groups is 1. The Morgan fingerprint density at radius 3 is 2.80 bits per heavy atom. The van der Waals surface area contributed by atoms with Gasteiger partial charge in [0.2, 0.25) is 5.91 Å². The normalized spacial score (nSPS) is 26.8. The van der Waals surface area contributed by atoms with Crippen molar-refractivity contribution in [3.8, 4) is 5.75 Å². The highest BCUT2D eigenvalue weighted by Gasteiger charge is 2.47. The quantitative estimate of drug-likeness (QED) is 0.708. The van der Waals surface area contributed by atoms with E-state index in [4.69, 9.17) is 23.2 Å². The van der Waals surface area contributed by atoms with Gasteiger partial charge in [-0.25, -0.2) is 0 Å². The number of hydrogen-bond donors (Lipinski definition) is 2. The van der Waals surface area contributed by atoms with E-state index >= 15 is 0 Å². The molecule has 1 aliphatic carbocycles. The van der Waals surface area contributed by atoms with Crippen LogP contribution in [0.15, 0.2) is 42.5 Å². The number of hydrogen-bond acceptors (Lipinski definition) is 3. The molecular formula is C24H28Cl2N2O2. The van der Waals surface area contributed by atoms with Gasteiger partial charge in [0.25, 0.3) is 0 Å². The van der Waals surface area contributed by atoms with E-state index in [9.17, 15) is 9.90 Å². The summed E-state index contributed by atoms with van der Waals surface area (Å²) < 4.78 is 0. The molecule has 1 saturated heterocycles. The first-order valence-corrected chi connectivity index (χ1v) is 11.3. The molecule has 0 spiro atoms. The highest BCUT2D eigenvalue weighted by molar-refractivity contribution is 6.42. The standard InChI is InChI=1S/C24H28Cl2N2O2/c1-28-10-9-24(17-3-2-4-20(29)13-17)14-19(7-6-18(24)15-28)27-23(30)12-16-5-8-21(25)22(26)11-16/h2-5,8,11,13,18-19,29H,6-7,9-10,12,14-15H2,1H3,(H,27,30). The molecule has 3 unspecified atom stereocenters. The van der Waals surface area contributed by atoms with E-state index in [0.29, 0.717) is 28.1 Å². The first kappa shape index (κ1) is 21.5. The molecule has 1 aliphatic heterocycles. The average Bonchev–Trinajstić information content (AvgIpc) is 2.71. The molecule has 2 N–H and O–H groups in total. The van der Waals surface area contributed by atoms with Crippen LogP contribution in [0, 0.1) is 5.92 Å². The minimum Gasteiger partial charge on any atom is -0.508 e. The molecule has 4 rings (SSSR count). The van der Waals surface area contributed by atoms with Crippen LogP contribution >= 0.6 is 23.2 Å². The third-order valence-electron chi connectivity index (χ3n) is 6.86. The van der Waals surface area contributed by atoms with Crippen LogP contribution in [0.4, 0.5) is 0 Å². The molecule has 0 aromatic heterocycles. The van der Waals surface area contributed by atoms with Gasteiger partial charge >= 0.3 is 0 Å². The molecule has 2 aromatic carbocycles. The van der Waals surface area contributed by atoms with Gasteiger partial charge in [0.1, 0.15) is 5.75 Å². The number of benzene rings is 2. The summed E-state index contributed by atoms with van der Waals surface area (Å²) in [6.45, 7) is 2.08. The number of phenols is 1. The molecule has 30 heavy (non-hydrogen) atoms. The summed E-state index contributed by atoms with van der Waals surface area (Å²) in [5.41, 5.74) is 2.05. The Morgan fingerprint density at radius 2 is 2.03 bits per heavy atom. The summed E-state index contributed by atoms with van der Waals surface area (Å²) >= 11 is 12.1. The Labute approximate surface area is 188 Å². The van der Waals surface area contributed by atoms with Crippen LogP contribution in [0.3, 0.4) is 0 Å². The third-order valence-corrected chi connectivity index (χ3v) is 7.60. The minimum absolute atomic E-state index is 0.00890. The molecule has 2 aromatic rings. The highest BCUT2D eigenvalue weighted by atomic mass is 35.5. The van der Waals surface area contributed by atoms with E-state index in [1.54, 1.807) is 18.2 Å². The average molecular weight is 447 g/mol. The zero-order chi connectivity index (χ0) is 21.3. The maximum atomic E-state index is 12.7. The molecule has 2 aliphatic rings. The summed E-state index contributed by atoms with van der Waals surface area (Å²) in [6, 6.07) is 13.2. The van der Waals surface area contributed by atoms with Gasteiger partial charge in [0.05, 0.1) is 16.5 Å². The fraction of sp³-hybridized carbons (Fsp3) is 0.458. The SMILES string of the molecule is CN1CCC2(c3cccc(O)c3)CC(NC(=O)Cc3ccc(Cl)c(Cl)c3)CCC2C1. The number of carbonyl (C=O) groups excluding carboxylic acids is 1. The zero-order valence-corrected chi connectivity index (χ0v) is 18.7. The molecule has 4 nitrogen and oxygen atoms in total. The molecule has 2 fully saturated rings. The lowest BCUT2D eigenvalue weighted by molar-refractivity contribution is -0.121. The lowest BCUT2D eigenvalue weighted by Gasteiger charge is -2.52. The second-order valence-electron chi connectivity index (χ2n) is 8.89. The first-order chi connectivity index (χ1) is 14.4. The van der Waals surface area contributed by atoms with Crippen molar-refractivity contribution in [3.05, 3.63) is 63.6 Å². The van der Waals surface area contributed by atoms with Gasteiger partial charge in [0, 0.05) is 18.0 Å². The van der Waals surface area contributed by atoms with Gasteiger partial charge < -0.3 is 15.3 Å². The van der Waals surface area contributed by atoms with Crippen LogP contribution < -0.4 is 5.32 Å². The van der Waals surface area contributed by atoms with E-state index in [0.717, 1.165) is 44.3 Å². The van der Waals surface area contributed by atoms with Crippen molar-refractivity contribution in [1.82, 2.24) is 10.2 Å². The van der Waals surface area contributed by atoms with Gasteiger partial charge in [-0.05, 0) is 80.6 Å². The molecule has 6 heteroatoms. The van der Waals surface area contributed by atoms with E-state index in [1.807, 2.05) is 18.2 Å². The minimum atomic E-state index is -0.00890. The molecule has 0 radical (unpaired) electrons. The largest absolute Gasteiger partial charge is 0.508 e. The highest BCUT2D eigenvalue weighted by Crippen LogP contribution is 2.49. The lowest BCUT2D eigenvalue weighted by atomic mass is 9.58. The number of fused-ring (bicyclic) bond motifs is 1. The third kappa shape index (κ3) is 4.46. The van der Waals surface area contributed by atoms with E-state index in [1.165, 1.54) is 5.56 Å². The van der Waals surface area contributed by atoms with E-state index in [-0.39, 0.29) is 17.4 Å². The topological polar surface area (TPSA) is 52.6 Å². The summed E-state index contributed by atoms with van der Waals surface area (Å²) in [5, 5.41) is 14.3. The maximum Gasteiger partial charge on any atom is 0.224 e. The van der Waals surface area contributed by atoms with Crippen LogP contribution in [0.1, 0.15) is 36.8 Å². The van der Waals surface area contributed by atoms with Gasteiger partial charge in [-0.3, -0.25) is 4.79 Å². The summed E-state index contributed by atoms with van der Waals surface area (Å²) in [4.78, 5) is 15.1. The van der Waals surface area contributed by atoms with Gasteiger partial charge in [-0.1, -0.05) is 41.4 Å². The van der Waals surface area contributed by atoms with Crippen molar-refractivity contribution in [2.24, 2.45) is 5.92 Å². The fourth-order valence-corrected chi connectivity index (χ4v) is 5.69. The van der Waals surface area contributed by atoms with Crippen LogP contribution in [0.25, 0.3) is 0 Å². The Balaban J connectivity index is 1.50. The second kappa shape index (κ2) is 8.78. The number of carbonyl (C=O) groups is 1. The molecule has 0 bridgehead atoms. The van der Waals surface area contributed by atoms with Gasteiger partial charge in [-0.2, -0.15) is 0 Å². The number of nitrogens with one attached hydrogen (secondary N) is 1. The van der Waals surface area contributed by atoms with Crippen molar-refractivity contribution in [3.63, 3.8) is 0 Å². The van der Waals surface area contributed by atoms with Crippen LogP contribution in [-0.4, -0.2) is 42.1 Å². The molecule has 1 saturated carbocycles. The summed E-state index contributed by atoms with van der Waals surface area (Å²) in [6.07, 6.45) is 4.28. The zero-order valence-electron chi connectivity index (χ0n) is 17.2. The molecule has 1 amide bonds. The maximum absolute atomic E-state index is 12.7. The summed E-state index contributed by atoms with van der Waals surface area (Å²) in [5.74, 6) is 0.849. The molecule has 160 valence electrons. The number of halogens is 2. The first-order valence-electron chi connectivity index (χ1n) is 10.6. The summed E-state index contributed by atoms with van der Waals surface area (Å²) in [7, 11) is 2.18. The number of rotatable bonds is 4. The molecule has 3 atom stereocenters. The van der Waals surface area contributed by atoms with Crippen LogP contribution in [0.2, 0.25) is 10.0 Å². The van der Waals surface area contributed by atoms with Crippen LogP contribution in [0.5, 0.6) is 5.75 Å². The number of piperidine rings is 1. The van der Waals surface area contributed by atoms with Crippen molar-refractivity contribution in [2.45, 2.75) is 43.6 Å². The number of likely N-dealkylation sites (tertiary alicyclic amines) is 1. The van der Waals surface area contributed by atoms with Crippen molar-refractivity contribution in [1.29, 1.82) is 0 Å². The Hall–Kier alpha value is -1.75. The van der Waals surface area contributed by atoms with E-state index < -0.39 is 0 Å². The molecular weight excluding hydrogens is 419 g/mol. The van der Waals surface area contributed by atoms with Gasteiger partial charge in [-0.15, -0.1) is 0 Å². The Kier molecular flexibility index (Phi) is 6.29. The van der Waals surface area contributed by atoms with E-state index in [2.05, 4.69) is 23.3 Å². The molecule has 1 heterocycles. The number of phenolic OH excluding ortho intramolecular Hbond substituents is 1. The predicted molar refractivity (Wildman–Crippen MR) is 121 cm³/mol. The smallest absolute Gasteiger partial charge is 0.224 e. The van der Waals surface area contributed by atoms with Crippen molar-refractivity contribution < 1.29 is 9.90 Å². The second-order valence-corrected chi connectivity index (χ2v) is 9.70. The van der Waals surface area contributed by atoms with Crippen molar-refractivity contribution >= 4 is 29.1 Å². The monoisotopic (exact) mass is 446 g/mol. The number of nitrogens with zero attached hydrogens (tertiary/aromatic N) is 1. The van der Waals surface area contributed by atoms with Crippen LogP contribution in [-0.2, 0) is 16.6 Å². The van der Waals surface area contributed by atoms with Crippen molar-refractivity contribution in [2.75, 3.05) is 20.1 Å². The Bertz CT molecular complexity index is 935. The van der Waals surface area contributed by atoms with Gasteiger partial charge in [0.15, 0.2) is 0 Å². The predicted octanol–water partition coefficient (Wildman–Crippen LogP) is 4.80. The Morgan fingerprint density at radius 1 is 1.20 bits per heavy atom.